The molecule has 4 rings (SSSR count). The molecule has 0 unspecified atom stereocenters. The molecule has 0 saturated heterocycles. The SMILES string of the molecule is O=C1C(=C2Sc3ccc(Cl)cc3S2)S(=O)(=O)c2ccccc21. The molecule has 3 nitrogen and oxygen atoms in total. The Morgan fingerprint density at radius 3 is 2.45 bits per heavy atom. The minimum Gasteiger partial charge on any atom is -0.288 e. The molecule has 0 fully saturated rings. The Kier molecular flexibility index (Phi) is 3.20. The van der Waals surface area contributed by atoms with E-state index in [9.17, 15) is 13.2 Å². The van der Waals surface area contributed by atoms with Crippen molar-refractivity contribution in [3.63, 3.8) is 0 Å². The average molecular weight is 367 g/mol. The number of Topliss-reactive ketones (excluding diaryl/α,β-unsaturated/α-hetero) is 1. The third-order valence-corrected chi connectivity index (χ3v) is 8.29. The van der Waals surface area contributed by atoms with Gasteiger partial charge in [0.15, 0.2) is 0 Å². The number of carbonyl (C=O) groups is 1. The van der Waals surface area contributed by atoms with Gasteiger partial charge >= 0.3 is 0 Å². The second-order valence-corrected chi connectivity index (χ2v) is 9.39. The Morgan fingerprint density at radius 2 is 1.68 bits per heavy atom. The fraction of sp³-hybridized carbons (Fsp3) is 0. The number of allylic oxidation sites excluding steroid dienone is 1. The Labute approximate surface area is 140 Å². The number of ketones is 1. The average Bonchev–Trinajstić information content (AvgIpc) is 2.96. The van der Waals surface area contributed by atoms with Crippen LogP contribution in [0.15, 0.2) is 66.3 Å². The van der Waals surface area contributed by atoms with E-state index >= 15 is 0 Å². The highest BCUT2D eigenvalue weighted by molar-refractivity contribution is 8.25. The van der Waals surface area contributed by atoms with Crippen LogP contribution in [0, 0.1) is 0 Å². The number of rotatable bonds is 0. The van der Waals surface area contributed by atoms with Crippen molar-refractivity contribution in [2.24, 2.45) is 0 Å². The van der Waals surface area contributed by atoms with Crippen LogP contribution in [-0.4, -0.2) is 14.2 Å². The Bertz CT molecular complexity index is 977. The fourth-order valence-corrected chi connectivity index (χ4v) is 7.43. The zero-order valence-corrected chi connectivity index (χ0v) is 14.1. The smallest absolute Gasteiger partial charge is 0.212 e. The van der Waals surface area contributed by atoms with E-state index in [-0.39, 0.29) is 15.4 Å². The molecular formula is C15H7ClO3S3. The molecule has 0 bridgehead atoms. The minimum atomic E-state index is -3.75. The number of hydrogen-bond donors (Lipinski definition) is 0. The zero-order valence-electron chi connectivity index (χ0n) is 10.9. The molecule has 7 heteroatoms. The molecule has 2 aliphatic rings. The second-order valence-electron chi connectivity index (χ2n) is 4.74. The lowest BCUT2D eigenvalue weighted by atomic mass is 10.1. The molecule has 0 atom stereocenters. The first-order valence-electron chi connectivity index (χ1n) is 6.27. The highest BCUT2D eigenvalue weighted by atomic mass is 35.5. The van der Waals surface area contributed by atoms with Gasteiger partial charge in [-0.15, -0.1) is 0 Å². The maximum absolute atomic E-state index is 12.7. The van der Waals surface area contributed by atoms with Crippen molar-refractivity contribution in [3.8, 4) is 0 Å². The maximum atomic E-state index is 12.7. The van der Waals surface area contributed by atoms with Crippen molar-refractivity contribution in [2.75, 3.05) is 0 Å². The van der Waals surface area contributed by atoms with Crippen molar-refractivity contribution in [1.82, 2.24) is 0 Å². The van der Waals surface area contributed by atoms with Gasteiger partial charge in [0.2, 0.25) is 15.6 Å². The monoisotopic (exact) mass is 366 g/mol. The van der Waals surface area contributed by atoms with Crippen LogP contribution in [0.1, 0.15) is 10.4 Å². The Balaban J connectivity index is 1.91. The molecular weight excluding hydrogens is 360 g/mol. The van der Waals surface area contributed by atoms with Crippen LogP contribution in [-0.2, 0) is 9.84 Å². The molecule has 0 spiro atoms. The standard InChI is InChI=1S/C15H7ClO3S3/c16-8-5-6-10-11(7-8)21-15(20-10)14-13(17)9-3-1-2-4-12(9)22(14,18)19/h1-7H. The number of halogens is 1. The van der Waals surface area contributed by atoms with Gasteiger partial charge in [0, 0.05) is 20.4 Å². The molecule has 110 valence electrons. The molecule has 2 aromatic rings. The molecule has 0 saturated carbocycles. The van der Waals surface area contributed by atoms with Crippen LogP contribution in [0.5, 0.6) is 0 Å². The number of thioether (sulfide) groups is 2. The lowest BCUT2D eigenvalue weighted by Crippen LogP contribution is -2.03. The number of sulfone groups is 1. The Hall–Kier alpha value is -1.21. The van der Waals surface area contributed by atoms with E-state index in [0.29, 0.717) is 9.26 Å². The normalized spacial score (nSPS) is 21.8. The van der Waals surface area contributed by atoms with E-state index in [1.807, 2.05) is 6.07 Å². The highest BCUT2D eigenvalue weighted by Crippen LogP contribution is 2.55. The molecule has 0 radical (unpaired) electrons. The van der Waals surface area contributed by atoms with Crippen molar-refractivity contribution in [2.45, 2.75) is 14.7 Å². The van der Waals surface area contributed by atoms with E-state index in [1.54, 1.807) is 30.3 Å². The van der Waals surface area contributed by atoms with E-state index in [1.165, 1.54) is 29.6 Å². The van der Waals surface area contributed by atoms with Crippen molar-refractivity contribution in [1.29, 1.82) is 0 Å². The summed E-state index contributed by atoms with van der Waals surface area (Å²) in [5.41, 5.74) is 0.250. The maximum Gasteiger partial charge on any atom is 0.212 e. The van der Waals surface area contributed by atoms with E-state index in [2.05, 4.69) is 0 Å². The third-order valence-electron chi connectivity index (χ3n) is 3.39. The summed E-state index contributed by atoms with van der Waals surface area (Å²) in [7, 11) is -3.75. The molecule has 22 heavy (non-hydrogen) atoms. The van der Waals surface area contributed by atoms with Crippen LogP contribution in [0.4, 0.5) is 0 Å². The largest absolute Gasteiger partial charge is 0.288 e. The fourth-order valence-electron chi connectivity index (χ4n) is 2.40. The van der Waals surface area contributed by atoms with Gasteiger partial charge in [0.25, 0.3) is 0 Å². The van der Waals surface area contributed by atoms with Crippen molar-refractivity contribution < 1.29 is 13.2 Å². The zero-order chi connectivity index (χ0) is 15.5. The van der Waals surface area contributed by atoms with Gasteiger partial charge < -0.3 is 0 Å². The van der Waals surface area contributed by atoms with E-state index < -0.39 is 15.6 Å². The van der Waals surface area contributed by atoms with Crippen LogP contribution in [0.25, 0.3) is 0 Å². The molecule has 2 aliphatic heterocycles. The van der Waals surface area contributed by atoms with E-state index in [4.69, 9.17) is 11.6 Å². The molecule has 2 heterocycles. The van der Waals surface area contributed by atoms with Gasteiger partial charge in [-0.3, -0.25) is 4.79 Å². The summed E-state index contributed by atoms with van der Waals surface area (Å²) in [5, 5.41) is 0.585. The predicted molar refractivity (Wildman–Crippen MR) is 88.2 cm³/mol. The lowest BCUT2D eigenvalue weighted by Gasteiger charge is -2.00. The minimum absolute atomic E-state index is 0.0951. The summed E-state index contributed by atoms with van der Waals surface area (Å²) in [6, 6.07) is 11.7. The lowest BCUT2D eigenvalue weighted by molar-refractivity contribution is 0.104. The first kappa shape index (κ1) is 14.4. The van der Waals surface area contributed by atoms with Crippen LogP contribution >= 0.6 is 35.1 Å². The van der Waals surface area contributed by atoms with E-state index in [0.717, 1.165) is 9.79 Å². The first-order valence-corrected chi connectivity index (χ1v) is 9.76. The number of carbonyl (C=O) groups excluding carboxylic acids is 1. The molecule has 0 aromatic heterocycles. The van der Waals surface area contributed by atoms with Gasteiger partial charge in [-0.25, -0.2) is 8.42 Å². The number of hydrogen-bond acceptors (Lipinski definition) is 5. The van der Waals surface area contributed by atoms with Crippen molar-refractivity contribution >= 4 is 50.7 Å². The number of benzene rings is 2. The van der Waals surface area contributed by atoms with Crippen LogP contribution < -0.4 is 0 Å². The molecule has 0 N–H and O–H groups in total. The predicted octanol–water partition coefficient (Wildman–Crippen LogP) is 4.38. The van der Waals surface area contributed by atoms with Crippen LogP contribution in [0.2, 0.25) is 5.02 Å². The summed E-state index contributed by atoms with van der Waals surface area (Å²) >= 11 is 8.55. The first-order chi connectivity index (χ1) is 10.5. The second kappa shape index (κ2) is 4.89. The van der Waals surface area contributed by atoms with Gasteiger partial charge in [0.05, 0.1) is 9.13 Å². The quantitative estimate of drug-likeness (QED) is 0.648. The topological polar surface area (TPSA) is 51.2 Å². The highest BCUT2D eigenvalue weighted by Gasteiger charge is 2.42. The molecule has 0 amide bonds. The van der Waals surface area contributed by atoms with Gasteiger partial charge in [0.1, 0.15) is 4.91 Å². The van der Waals surface area contributed by atoms with Gasteiger partial charge in [-0.2, -0.15) is 0 Å². The summed E-state index contributed by atoms with van der Waals surface area (Å²) in [4.78, 5) is 14.3. The number of fused-ring (bicyclic) bond motifs is 2. The van der Waals surface area contributed by atoms with Crippen molar-refractivity contribution in [3.05, 3.63) is 62.2 Å². The van der Waals surface area contributed by atoms with Gasteiger partial charge in [-0.1, -0.05) is 47.3 Å². The Morgan fingerprint density at radius 1 is 0.955 bits per heavy atom. The summed E-state index contributed by atoms with van der Waals surface area (Å²) < 4.78 is 25.8. The van der Waals surface area contributed by atoms with Crippen LogP contribution in [0.3, 0.4) is 0 Å². The third kappa shape index (κ3) is 1.98. The summed E-state index contributed by atoms with van der Waals surface area (Å²) in [5.74, 6) is -0.426. The van der Waals surface area contributed by atoms with Gasteiger partial charge in [-0.05, 0) is 30.3 Å². The molecule has 2 aromatic carbocycles. The summed E-state index contributed by atoms with van der Waals surface area (Å²) in [6.07, 6.45) is 0. The summed E-state index contributed by atoms with van der Waals surface area (Å²) in [6.45, 7) is 0. The molecule has 0 aliphatic carbocycles.